The smallest absolute Gasteiger partial charge is 0.364 e. The van der Waals surface area contributed by atoms with Crippen LogP contribution in [-0.4, -0.2) is 51.6 Å². The Hall–Kier alpha value is -1.18. The fourth-order valence-corrected chi connectivity index (χ4v) is 3.78. The summed E-state index contributed by atoms with van der Waals surface area (Å²) in [5.41, 5.74) is 5.46. The number of quaternary nitrogens is 1. The number of urea groups is 1. The molecular formula is C13H22N3O4+. The first-order valence-corrected chi connectivity index (χ1v) is 7.42. The minimum atomic E-state index is -0.683. The molecule has 112 valence electrons. The number of hydrogen-bond acceptors (Lipinski definition) is 4. The molecule has 3 amide bonds. The average molecular weight is 284 g/mol. The highest BCUT2D eigenvalue weighted by atomic mass is 16.8. The highest BCUT2D eigenvalue weighted by Gasteiger charge is 2.64. The molecule has 7 nitrogen and oxygen atoms in total. The summed E-state index contributed by atoms with van der Waals surface area (Å²) in [6.07, 6.45) is 6.17. The van der Waals surface area contributed by atoms with E-state index in [0.717, 1.165) is 30.7 Å². The average Bonchev–Trinajstić information content (AvgIpc) is 2.62. The monoisotopic (exact) mass is 284 g/mol. The maximum Gasteiger partial charge on any atom is 0.476 e. The van der Waals surface area contributed by atoms with Gasteiger partial charge < -0.3 is 5.73 Å². The van der Waals surface area contributed by atoms with E-state index in [-0.39, 0.29) is 12.1 Å². The normalized spacial score (nSPS) is 38.2. The van der Waals surface area contributed by atoms with Gasteiger partial charge in [-0.25, -0.2) is 4.79 Å². The van der Waals surface area contributed by atoms with Crippen LogP contribution in [0.1, 0.15) is 44.9 Å². The van der Waals surface area contributed by atoms with Gasteiger partial charge in [0.15, 0.2) is 0 Å². The number of hydrogen-bond donors (Lipinski definition) is 2. The van der Waals surface area contributed by atoms with Gasteiger partial charge in [-0.2, -0.15) is 9.90 Å². The third-order valence-corrected chi connectivity index (χ3v) is 4.84. The summed E-state index contributed by atoms with van der Waals surface area (Å²) in [5.74, 6) is -0.525. The van der Waals surface area contributed by atoms with Crippen LogP contribution in [-0.2, 0) is 9.63 Å². The van der Waals surface area contributed by atoms with Crippen molar-refractivity contribution in [1.29, 1.82) is 0 Å². The summed E-state index contributed by atoms with van der Waals surface area (Å²) in [6.45, 7) is 0.319. The molecule has 0 aromatic heterocycles. The highest BCUT2D eigenvalue weighted by molar-refractivity contribution is 5.82. The molecule has 3 rings (SSSR count). The van der Waals surface area contributed by atoms with E-state index < -0.39 is 22.6 Å². The van der Waals surface area contributed by atoms with Gasteiger partial charge in [0, 0.05) is 6.42 Å². The molecule has 3 N–H and O–H groups in total. The number of primary amides is 1. The molecule has 2 bridgehead atoms. The van der Waals surface area contributed by atoms with Crippen LogP contribution >= 0.6 is 0 Å². The van der Waals surface area contributed by atoms with Gasteiger partial charge in [-0.05, 0) is 19.3 Å². The lowest BCUT2D eigenvalue weighted by Gasteiger charge is -2.38. The number of carbonyl (C=O) groups excluding carboxylic acids is 2. The van der Waals surface area contributed by atoms with Crippen molar-refractivity contribution in [1.82, 2.24) is 5.06 Å². The summed E-state index contributed by atoms with van der Waals surface area (Å²) in [7, 11) is 0. The number of piperidine rings is 1. The second-order valence-electron chi connectivity index (χ2n) is 6.12. The predicted octanol–water partition coefficient (Wildman–Crippen LogP) is 0.909. The van der Waals surface area contributed by atoms with E-state index >= 15 is 0 Å². The van der Waals surface area contributed by atoms with Gasteiger partial charge in [0.2, 0.25) is 6.04 Å². The Bertz CT molecular complexity index is 424. The topological polar surface area (TPSA) is 92.9 Å². The number of nitrogens with zero attached hydrogens (tertiary/aromatic N) is 2. The minimum Gasteiger partial charge on any atom is -0.364 e. The van der Waals surface area contributed by atoms with E-state index in [9.17, 15) is 14.8 Å². The van der Waals surface area contributed by atoms with Crippen LogP contribution in [0.3, 0.4) is 0 Å². The van der Waals surface area contributed by atoms with Crippen LogP contribution in [0, 0.1) is 0 Å². The third-order valence-electron chi connectivity index (χ3n) is 4.84. The SMILES string of the molecule is NC(=O)[C@@H]1CC[C@@H]2C[N+]1(OC1CCCCC1)C(=O)N2O. The number of fused-ring (bicyclic) bond motifs is 2. The molecule has 7 heteroatoms. The van der Waals surface area contributed by atoms with Crippen molar-refractivity contribution < 1.29 is 24.3 Å². The lowest BCUT2D eigenvalue weighted by molar-refractivity contribution is -1.06. The molecule has 1 aliphatic carbocycles. The zero-order valence-corrected chi connectivity index (χ0v) is 11.5. The van der Waals surface area contributed by atoms with Gasteiger partial charge in [-0.15, -0.1) is 0 Å². The van der Waals surface area contributed by atoms with Crippen molar-refractivity contribution in [2.75, 3.05) is 6.54 Å². The molecule has 1 unspecified atom stereocenters. The van der Waals surface area contributed by atoms with Crippen molar-refractivity contribution in [3.8, 4) is 0 Å². The van der Waals surface area contributed by atoms with Crippen LogP contribution in [0.4, 0.5) is 4.79 Å². The van der Waals surface area contributed by atoms with Gasteiger partial charge in [-0.3, -0.25) is 10.0 Å². The quantitative estimate of drug-likeness (QED) is 0.595. The van der Waals surface area contributed by atoms with Crippen molar-refractivity contribution in [2.24, 2.45) is 5.73 Å². The van der Waals surface area contributed by atoms with E-state index in [1.54, 1.807) is 0 Å². The molecule has 0 radical (unpaired) electrons. The number of carbonyl (C=O) groups is 2. The number of nitrogens with two attached hydrogens (primary N) is 1. The summed E-state index contributed by atoms with van der Waals surface area (Å²) in [4.78, 5) is 30.2. The van der Waals surface area contributed by atoms with Crippen LogP contribution in [0.25, 0.3) is 0 Å². The Labute approximate surface area is 117 Å². The summed E-state index contributed by atoms with van der Waals surface area (Å²) >= 11 is 0. The number of amides is 3. The molecule has 20 heavy (non-hydrogen) atoms. The Morgan fingerprint density at radius 2 is 1.95 bits per heavy atom. The fraction of sp³-hybridized carbons (Fsp3) is 0.846. The first-order valence-electron chi connectivity index (χ1n) is 7.42. The van der Waals surface area contributed by atoms with Crippen molar-refractivity contribution >= 4 is 11.9 Å². The molecule has 1 saturated carbocycles. The molecule has 3 fully saturated rings. The number of hydroxylamine groups is 5. The molecule has 3 atom stereocenters. The number of rotatable bonds is 3. The Morgan fingerprint density at radius 1 is 1.25 bits per heavy atom. The van der Waals surface area contributed by atoms with Crippen molar-refractivity contribution in [2.45, 2.75) is 63.1 Å². The van der Waals surface area contributed by atoms with Gasteiger partial charge in [0.25, 0.3) is 5.91 Å². The third kappa shape index (κ3) is 2.01. The highest BCUT2D eigenvalue weighted by Crippen LogP contribution is 2.39. The molecular weight excluding hydrogens is 262 g/mol. The van der Waals surface area contributed by atoms with Crippen LogP contribution in [0.2, 0.25) is 0 Å². The van der Waals surface area contributed by atoms with Crippen LogP contribution in [0.15, 0.2) is 0 Å². The fourth-order valence-electron chi connectivity index (χ4n) is 3.78. The van der Waals surface area contributed by atoms with Crippen molar-refractivity contribution in [3.63, 3.8) is 0 Å². The minimum absolute atomic E-state index is 0.0280. The Balaban J connectivity index is 1.87. The zero-order valence-electron chi connectivity index (χ0n) is 11.5. The van der Waals surface area contributed by atoms with Gasteiger partial charge >= 0.3 is 6.03 Å². The molecule has 0 aromatic rings. The van der Waals surface area contributed by atoms with Crippen LogP contribution < -0.4 is 5.73 Å². The summed E-state index contributed by atoms with van der Waals surface area (Å²) in [5, 5.41) is 10.6. The standard InChI is InChI=1S/C13H21N3O4/c14-12(17)11-7-6-9-8-16(11,13(18)15(9)19)20-10-4-2-1-3-5-10/h9-11,19H,1-8H2,(H-,14,17)/p+1/t9-,11+,16?/m1/s1. The van der Waals surface area contributed by atoms with Gasteiger partial charge in [0.1, 0.15) is 18.7 Å². The largest absolute Gasteiger partial charge is 0.476 e. The summed E-state index contributed by atoms with van der Waals surface area (Å²) < 4.78 is -0.429. The lowest BCUT2D eigenvalue weighted by Crippen LogP contribution is -2.64. The maximum atomic E-state index is 12.4. The maximum absolute atomic E-state index is 12.4. The predicted molar refractivity (Wildman–Crippen MR) is 68.1 cm³/mol. The van der Waals surface area contributed by atoms with E-state index in [4.69, 9.17) is 10.6 Å². The van der Waals surface area contributed by atoms with Gasteiger partial charge in [0.05, 0.1) is 0 Å². The second kappa shape index (κ2) is 4.98. The first kappa shape index (κ1) is 13.8. The van der Waals surface area contributed by atoms with E-state index in [0.29, 0.717) is 19.4 Å². The first-order chi connectivity index (χ1) is 9.54. The van der Waals surface area contributed by atoms with Crippen LogP contribution in [0.5, 0.6) is 0 Å². The lowest BCUT2D eigenvalue weighted by atomic mass is 9.97. The summed E-state index contributed by atoms with van der Waals surface area (Å²) in [6, 6.07) is -1.48. The molecule has 0 aromatic carbocycles. The van der Waals surface area contributed by atoms with E-state index in [1.807, 2.05) is 0 Å². The Kier molecular flexibility index (Phi) is 3.43. The zero-order chi connectivity index (χ0) is 14.3. The molecule has 2 saturated heterocycles. The Morgan fingerprint density at radius 3 is 2.60 bits per heavy atom. The molecule has 3 aliphatic rings. The van der Waals surface area contributed by atoms with E-state index in [1.165, 1.54) is 6.42 Å². The second-order valence-corrected chi connectivity index (χ2v) is 6.12. The van der Waals surface area contributed by atoms with Gasteiger partial charge in [-0.1, -0.05) is 23.9 Å². The molecule has 2 heterocycles. The molecule has 2 aliphatic heterocycles. The van der Waals surface area contributed by atoms with E-state index in [2.05, 4.69) is 0 Å². The molecule has 0 spiro atoms. The van der Waals surface area contributed by atoms with Crippen molar-refractivity contribution in [3.05, 3.63) is 0 Å².